The number of halogens is 2. The van der Waals surface area contributed by atoms with Crippen LogP contribution in [0.5, 0.6) is 0 Å². The molecule has 96 valence electrons. The molecule has 1 aromatic carbocycles. The van der Waals surface area contributed by atoms with Gasteiger partial charge in [-0.15, -0.1) is 0 Å². The van der Waals surface area contributed by atoms with Crippen molar-refractivity contribution in [1.29, 1.82) is 0 Å². The molecule has 0 aliphatic rings. The highest BCUT2D eigenvalue weighted by Crippen LogP contribution is 2.20. The topological polar surface area (TPSA) is 47.3 Å². The van der Waals surface area contributed by atoms with Gasteiger partial charge >= 0.3 is 0 Å². The molecular weight excluding hydrogens is 287 g/mol. The summed E-state index contributed by atoms with van der Waals surface area (Å²) in [5, 5.41) is 0. The molecule has 0 aliphatic heterocycles. The fourth-order valence-electron chi connectivity index (χ4n) is 1.67. The first kappa shape index (κ1) is 14.6. The van der Waals surface area contributed by atoms with Crippen molar-refractivity contribution >= 4 is 15.9 Å². The zero-order chi connectivity index (χ0) is 12.7. The van der Waals surface area contributed by atoms with Crippen LogP contribution in [0.3, 0.4) is 0 Å². The number of hydrogen-bond donors (Lipinski definition) is 2. The molecular formula is C12H18BrFN2O. The van der Waals surface area contributed by atoms with Crippen LogP contribution in [0.4, 0.5) is 4.39 Å². The second-order valence-corrected chi connectivity index (χ2v) is 4.79. The molecule has 0 saturated heterocycles. The van der Waals surface area contributed by atoms with Crippen LogP contribution in [0.15, 0.2) is 22.7 Å². The Morgan fingerprint density at radius 1 is 1.53 bits per heavy atom. The molecule has 0 amide bonds. The Morgan fingerprint density at radius 2 is 2.29 bits per heavy atom. The van der Waals surface area contributed by atoms with E-state index >= 15 is 0 Å². The molecule has 0 fully saturated rings. The highest BCUT2D eigenvalue weighted by atomic mass is 79.9. The van der Waals surface area contributed by atoms with Gasteiger partial charge < -0.3 is 4.74 Å². The molecule has 0 aromatic heterocycles. The average molecular weight is 305 g/mol. The first-order valence-electron chi connectivity index (χ1n) is 5.56. The Labute approximate surface area is 110 Å². The van der Waals surface area contributed by atoms with Crippen LogP contribution < -0.4 is 11.3 Å². The Balaban J connectivity index is 2.54. The number of hydrogen-bond acceptors (Lipinski definition) is 3. The average Bonchev–Trinajstić information content (AvgIpc) is 2.31. The smallest absolute Gasteiger partial charge is 0.124 e. The number of benzene rings is 1. The lowest BCUT2D eigenvalue weighted by Crippen LogP contribution is -2.37. The highest BCUT2D eigenvalue weighted by Gasteiger charge is 2.10. The SMILES string of the molecule is COCCCC(Cc1ccc(F)cc1Br)NN. The van der Waals surface area contributed by atoms with E-state index in [1.807, 2.05) is 0 Å². The molecule has 1 atom stereocenters. The van der Waals surface area contributed by atoms with Crippen molar-refractivity contribution in [3.8, 4) is 0 Å². The molecule has 1 unspecified atom stereocenters. The van der Waals surface area contributed by atoms with Gasteiger partial charge in [0, 0.05) is 24.2 Å². The minimum atomic E-state index is -0.239. The van der Waals surface area contributed by atoms with Gasteiger partial charge in [-0.25, -0.2) is 4.39 Å². The van der Waals surface area contributed by atoms with Gasteiger partial charge in [0.15, 0.2) is 0 Å². The van der Waals surface area contributed by atoms with E-state index in [0.717, 1.165) is 35.9 Å². The van der Waals surface area contributed by atoms with E-state index in [1.165, 1.54) is 12.1 Å². The summed E-state index contributed by atoms with van der Waals surface area (Å²) < 4.78 is 18.7. The molecule has 1 aromatic rings. The van der Waals surface area contributed by atoms with Crippen LogP contribution in [-0.4, -0.2) is 19.8 Å². The first-order valence-corrected chi connectivity index (χ1v) is 6.35. The van der Waals surface area contributed by atoms with Crippen molar-refractivity contribution in [3.63, 3.8) is 0 Å². The maximum Gasteiger partial charge on any atom is 0.124 e. The molecule has 0 aliphatic carbocycles. The Hall–Kier alpha value is -0.490. The second kappa shape index (κ2) is 7.76. The summed E-state index contributed by atoms with van der Waals surface area (Å²) in [4.78, 5) is 0. The van der Waals surface area contributed by atoms with Gasteiger partial charge in [0.1, 0.15) is 5.82 Å². The van der Waals surface area contributed by atoms with Crippen molar-refractivity contribution in [3.05, 3.63) is 34.1 Å². The molecule has 0 spiro atoms. The highest BCUT2D eigenvalue weighted by molar-refractivity contribution is 9.10. The van der Waals surface area contributed by atoms with Gasteiger partial charge in [0.05, 0.1) is 0 Å². The van der Waals surface area contributed by atoms with E-state index in [-0.39, 0.29) is 11.9 Å². The summed E-state index contributed by atoms with van der Waals surface area (Å²) in [7, 11) is 1.68. The molecule has 0 radical (unpaired) electrons. The lowest BCUT2D eigenvalue weighted by Gasteiger charge is -2.16. The fraction of sp³-hybridized carbons (Fsp3) is 0.500. The maximum atomic E-state index is 12.9. The van der Waals surface area contributed by atoms with Gasteiger partial charge in [0.2, 0.25) is 0 Å². The first-order chi connectivity index (χ1) is 8.17. The van der Waals surface area contributed by atoms with Gasteiger partial charge in [-0.1, -0.05) is 22.0 Å². The monoisotopic (exact) mass is 304 g/mol. The predicted molar refractivity (Wildman–Crippen MR) is 70.0 cm³/mol. The van der Waals surface area contributed by atoms with Crippen LogP contribution in [0, 0.1) is 5.82 Å². The fourth-order valence-corrected chi connectivity index (χ4v) is 2.18. The Morgan fingerprint density at radius 3 is 2.88 bits per heavy atom. The summed E-state index contributed by atoms with van der Waals surface area (Å²) >= 11 is 3.35. The summed E-state index contributed by atoms with van der Waals surface area (Å²) in [6.45, 7) is 0.725. The predicted octanol–water partition coefficient (Wildman–Crippen LogP) is 2.39. The van der Waals surface area contributed by atoms with E-state index in [1.54, 1.807) is 13.2 Å². The van der Waals surface area contributed by atoms with Crippen LogP contribution in [0.1, 0.15) is 18.4 Å². The third-order valence-corrected chi connectivity index (χ3v) is 3.36. The molecule has 5 heteroatoms. The molecule has 17 heavy (non-hydrogen) atoms. The largest absolute Gasteiger partial charge is 0.385 e. The van der Waals surface area contributed by atoms with Crippen LogP contribution in [0.2, 0.25) is 0 Å². The summed E-state index contributed by atoms with van der Waals surface area (Å²) in [5.41, 5.74) is 3.83. The van der Waals surface area contributed by atoms with Crippen molar-refractivity contribution in [2.45, 2.75) is 25.3 Å². The van der Waals surface area contributed by atoms with Crippen LogP contribution in [0.25, 0.3) is 0 Å². The Kier molecular flexibility index (Phi) is 6.65. The lowest BCUT2D eigenvalue weighted by molar-refractivity contribution is 0.188. The number of nitrogens with one attached hydrogen (secondary N) is 1. The molecule has 0 saturated carbocycles. The molecule has 3 nitrogen and oxygen atoms in total. The normalized spacial score (nSPS) is 12.7. The van der Waals surface area contributed by atoms with Crippen LogP contribution >= 0.6 is 15.9 Å². The number of ether oxygens (including phenoxy) is 1. The summed E-state index contributed by atoms with van der Waals surface area (Å²) in [5.74, 6) is 5.26. The molecule has 0 heterocycles. The number of hydrazine groups is 1. The maximum absolute atomic E-state index is 12.9. The van der Waals surface area contributed by atoms with Crippen molar-refractivity contribution in [2.75, 3.05) is 13.7 Å². The molecule has 1 rings (SSSR count). The lowest BCUT2D eigenvalue weighted by atomic mass is 10.0. The third-order valence-electron chi connectivity index (χ3n) is 2.62. The second-order valence-electron chi connectivity index (χ2n) is 3.94. The van der Waals surface area contributed by atoms with Crippen molar-refractivity contribution in [1.82, 2.24) is 5.43 Å². The summed E-state index contributed by atoms with van der Waals surface area (Å²) in [6, 6.07) is 4.88. The third kappa shape index (κ3) is 5.12. The van der Waals surface area contributed by atoms with Gasteiger partial charge in [0.25, 0.3) is 0 Å². The standard InChI is InChI=1S/C12H18BrFN2O/c1-17-6-2-3-11(16-15)7-9-4-5-10(14)8-12(9)13/h4-5,8,11,16H,2-3,6-7,15H2,1H3. The zero-order valence-corrected chi connectivity index (χ0v) is 11.5. The van der Waals surface area contributed by atoms with E-state index in [4.69, 9.17) is 10.6 Å². The van der Waals surface area contributed by atoms with Crippen LogP contribution in [-0.2, 0) is 11.2 Å². The number of methoxy groups -OCH3 is 1. The van der Waals surface area contributed by atoms with Crippen molar-refractivity contribution in [2.24, 2.45) is 5.84 Å². The molecule has 0 bridgehead atoms. The van der Waals surface area contributed by atoms with Gasteiger partial charge in [-0.2, -0.15) is 0 Å². The van der Waals surface area contributed by atoms with E-state index < -0.39 is 0 Å². The summed E-state index contributed by atoms with van der Waals surface area (Å²) in [6.07, 6.45) is 2.64. The van der Waals surface area contributed by atoms with E-state index in [2.05, 4.69) is 21.4 Å². The number of rotatable bonds is 7. The molecule has 3 N–H and O–H groups in total. The van der Waals surface area contributed by atoms with E-state index in [9.17, 15) is 4.39 Å². The quantitative estimate of drug-likeness (QED) is 0.462. The van der Waals surface area contributed by atoms with Crippen molar-refractivity contribution < 1.29 is 9.13 Å². The number of nitrogens with two attached hydrogens (primary N) is 1. The Bertz CT molecular complexity index is 349. The van der Waals surface area contributed by atoms with E-state index in [0.29, 0.717) is 0 Å². The minimum absolute atomic E-state index is 0.173. The minimum Gasteiger partial charge on any atom is -0.385 e. The van der Waals surface area contributed by atoms with Gasteiger partial charge in [-0.05, 0) is 37.0 Å². The zero-order valence-electron chi connectivity index (χ0n) is 9.88. The van der Waals surface area contributed by atoms with Gasteiger partial charge in [-0.3, -0.25) is 11.3 Å².